The van der Waals surface area contributed by atoms with Crippen molar-refractivity contribution in [1.29, 1.82) is 0 Å². The highest BCUT2D eigenvalue weighted by molar-refractivity contribution is 5.87. The Labute approximate surface area is 123 Å². The molecule has 106 valence electrons. The maximum absolute atomic E-state index is 4.46. The van der Waals surface area contributed by atoms with E-state index in [1.807, 2.05) is 41.2 Å². The van der Waals surface area contributed by atoms with Gasteiger partial charge in [-0.1, -0.05) is 24.6 Å². The van der Waals surface area contributed by atoms with Crippen LogP contribution >= 0.6 is 0 Å². The Morgan fingerprint density at radius 2 is 2.00 bits per heavy atom. The Kier molecular flexibility index (Phi) is 3.03. The number of hydrogen-bond donors (Lipinski definition) is 1. The molecule has 0 spiro atoms. The summed E-state index contributed by atoms with van der Waals surface area (Å²) in [5, 5.41) is 8.88. The van der Waals surface area contributed by atoms with Crippen molar-refractivity contribution in [2.75, 3.05) is 11.9 Å². The second-order valence-electron chi connectivity index (χ2n) is 5.53. The average Bonchev–Trinajstić information content (AvgIpc) is 2.91. The second kappa shape index (κ2) is 5.16. The lowest BCUT2D eigenvalue weighted by atomic mass is 9.85. The van der Waals surface area contributed by atoms with E-state index in [4.69, 9.17) is 0 Å². The van der Waals surface area contributed by atoms with Crippen LogP contribution in [0.25, 0.3) is 16.7 Å². The van der Waals surface area contributed by atoms with Crippen LogP contribution in [0.4, 0.5) is 5.82 Å². The molecule has 0 amide bonds. The summed E-state index contributed by atoms with van der Waals surface area (Å²) in [5.41, 5.74) is 1.85. The van der Waals surface area contributed by atoms with Gasteiger partial charge in [-0.25, -0.2) is 14.6 Å². The lowest BCUT2D eigenvalue weighted by Crippen LogP contribution is -2.21. The van der Waals surface area contributed by atoms with Crippen LogP contribution in [-0.4, -0.2) is 26.3 Å². The minimum Gasteiger partial charge on any atom is -0.369 e. The number of benzene rings is 1. The van der Waals surface area contributed by atoms with E-state index in [1.54, 1.807) is 6.33 Å². The van der Waals surface area contributed by atoms with Crippen molar-refractivity contribution in [1.82, 2.24) is 19.7 Å². The molecule has 1 saturated carbocycles. The number of anilines is 1. The van der Waals surface area contributed by atoms with Crippen LogP contribution in [0.15, 0.2) is 42.9 Å². The van der Waals surface area contributed by atoms with Gasteiger partial charge in [-0.2, -0.15) is 5.10 Å². The highest BCUT2D eigenvalue weighted by Crippen LogP contribution is 2.27. The Bertz CT molecular complexity index is 746. The van der Waals surface area contributed by atoms with Gasteiger partial charge in [0, 0.05) is 6.54 Å². The monoisotopic (exact) mass is 279 g/mol. The van der Waals surface area contributed by atoms with Crippen LogP contribution in [0, 0.1) is 5.92 Å². The molecule has 0 aliphatic heterocycles. The van der Waals surface area contributed by atoms with Crippen LogP contribution in [0.2, 0.25) is 0 Å². The maximum Gasteiger partial charge on any atom is 0.168 e. The molecule has 5 nitrogen and oxygen atoms in total. The molecule has 0 saturated heterocycles. The number of aromatic nitrogens is 4. The molecule has 3 aromatic rings. The number of rotatable bonds is 4. The standard InChI is InChI=1S/C16H17N5/c1-2-7-13(8-3-1)21-16-14(10-20-21)15(18-11-19-16)17-9-12-5-4-6-12/h1-3,7-8,10-12H,4-6,9H2,(H,17,18,19). The molecule has 1 N–H and O–H groups in total. The first-order chi connectivity index (χ1) is 10.4. The van der Waals surface area contributed by atoms with Gasteiger partial charge in [-0.05, 0) is 30.9 Å². The molecule has 1 aliphatic carbocycles. The lowest BCUT2D eigenvalue weighted by Gasteiger charge is -2.25. The van der Waals surface area contributed by atoms with Crippen molar-refractivity contribution >= 4 is 16.9 Å². The summed E-state index contributed by atoms with van der Waals surface area (Å²) < 4.78 is 1.85. The van der Waals surface area contributed by atoms with Crippen LogP contribution in [0.1, 0.15) is 19.3 Å². The smallest absolute Gasteiger partial charge is 0.168 e. The first-order valence-corrected chi connectivity index (χ1v) is 7.40. The summed E-state index contributed by atoms with van der Waals surface area (Å²) in [6.45, 7) is 0.989. The zero-order chi connectivity index (χ0) is 14.1. The minimum atomic E-state index is 0.791. The van der Waals surface area contributed by atoms with Crippen molar-refractivity contribution in [3.63, 3.8) is 0 Å². The summed E-state index contributed by atoms with van der Waals surface area (Å²) in [6, 6.07) is 10.0. The van der Waals surface area contributed by atoms with Gasteiger partial charge in [0.05, 0.1) is 17.3 Å². The highest BCUT2D eigenvalue weighted by atomic mass is 15.3. The molecular weight excluding hydrogens is 262 g/mol. The molecule has 0 radical (unpaired) electrons. The second-order valence-corrected chi connectivity index (χ2v) is 5.53. The molecule has 4 rings (SSSR count). The third-order valence-electron chi connectivity index (χ3n) is 4.15. The molecule has 2 aromatic heterocycles. The number of hydrogen-bond acceptors (Lipinski definition) is 4. The van der Waals surface area contributed by atoms with Gasteiger partial charge in [0.25, 0.3) is 0 Å². The largest absolute Gasteiger partial charge is 0.369 e. The molecule has 5 heteroatoms. The first-order valence-electron chi connectivity index (χ1n) is 7.40. The zero-order valence-electron chi connectivity index (χ0n) is 11.7. The zero-order valence-corrected chi connectivity index (χ0v) is 11.7. The van der Waals surface area contributed by atoms with Gasteiger partial charge in [0.15, 0.2) is 5.65 Å². The van der Waals surface area contributed by atoms with Gasteiger partial charge in [-0.3, -0.25) is 0 Å². The third kappa shape index (κ3) is 2.24. The molecule has 0 bridgehead atoms. The van der Waals surface area contributed by atoms with Crippen LogP contribution in [-0.2, 0) is 0 Å². The maximum atomic E-state index is 4.46. The van der Waals surface area contributed by atoms with Crippen molar-refractivity contribution in [3.05, 3.63) is 42.9 Å². The van der Waals surface area contributed by atoms with Crippen LogP contribution in [0.5, 0.6) is 0 Å². The topological polar surface area (TPSA) is 55.6 Å². The number of nitrogens with zero attached hydrogens (tertiary/aromatic N) is 4. The number of nitrogens with one attached hydrogen (secondary N) is 1. The SMILES string of the molecule is c1ccc(-n2ncc3c(NCC4CCC4)ncnc32)cc1. The minimum absolute atomic E-state index is 0.791. The van der Waals surface area contributed by atoms with E-state index in [1.165, 1.54) is 19.3 Å². The number of para-hydroxylation sites is 1. The molecule has 1 aliphatic rings. The van der Waals surface area contributed by atoms with Gasteiger partial charge in [0.1, 0.15) is 12.1 Å². The van der Waals surface area contributed by atoms with E-state index >= 15 is 0 Å². The quantitative estimate of drug-likeness (QED) is 0.797. The average molecular weight is 279 g/mol. The first kappa shape index (κ1) is 12.3. The van der Waals surface area contributed by atoms with Crippen molar-refractivity contribution in [3.8, 4) is 5.69 Å². The molecule has 1 aromatic carbocycles. The van der Waals surface area contributed by atoms with Crippen molar-refractivity contribution in [2.24, 2.45) is 5.92 Å². The van der Waals surface area contributed by atoms with E-state index in [0.29, 0.717) is 0 Å². The molecule has 1 fully saturated rings. The summed E-state index contributed by atoms with van der Waals surface area (Å²) >= 11 is 0. The Morgan fingerprint density at radius 3 is 2.76 bits per heavy atom. The van der Waals surface area contributed by atoms with E-state index in [2.05, 4.69) is 20.4 Å². The fraction of sp³-hybridized carbons (Fsp3) is 0.312. The Hall–Kier alpha value is -2.43. The van der Waals surface area contributed by atoms with Crippen molar-refractivity contribution in [2.45, 2.75) is 19.3 Å². The summed E-state index contributed by atoms with van der Waals surface area (Å²) in [5.74, 6) is 1.67. The fourth-order valence-corrected chi connectivity index (χ4v) is 2.68. The van der Waals surface area contributed by atoms with E-state index in [0.717, 1.165) is 35.0 Å². The molecule has 0 atom stereocenters. The predicted octanol–water partition coefficient (Wildman–Crippen LogP) is 3.03. The Morgan fingerprint density at radius 1 is 1.14 bits per heavy atom. The summed E-state index contributed by atoms with van der Waals surface area (Å²) in [7, 11) is 0. The third-order valence-corrected chi connectivity index (χ3v) is 4.15. The molecule has 21 heavy (non-hydrogen) atoms. The molecule has 2 heterocycles. The van der Waals surface area contributed by atoms with Gasteiger partial charge >= 0.3 is 0 Å². The van der Waals surface area contributed by atoms with Crippen LogP contribution in [0.3, 0.4) is 0 Å². The summed E-state index contributed by atoms with van der Waals surface area (Å²) in [4.78, 5) is 8.76. The van der Waals surface area contributed by atoms with Crippen molar-refractivity contribution < 1.29 is 0 Å². The lowest BCUT2D eigenvalue weighted by molar-refractivity contribution is 0.333. The van der Waals surface area contributed by atoms with Gasteiger partial charge in [-0.15, -0.1) is 0 Å². The van der Waals surface area contributed by atoms with Gasteiger partial charge < -0.3 is 5.32 Å². The molecular formula is C16H17N5. The van der Waals surface area contributed by atoms with Crippen LogP contribution < -0.4 is 5.32 Å². The van der Waals surface area contributed by atoms with E-state index in [9.17, 15) is 0 Å². The summed E-state index contributed by atoms with van der Waals surface area (Å²) in [6.07, 6.45) is 7.45. The fourth-order valence-electron chi connectivity index (χ4n) is 2.68. The normalized spacial score (nSPS) is 15.0. The Balaban J connectivity index is 1.68. The van der Waals surface area contributed by atoms with E-state index < -0.39 is 0 Å². The number of fused-ring (bicyclic) bond motifs is 1. The van der Waals surface area contributed by atoms with Gasteiger partial charge in [0.2, 0.25) is 0 Å². The molecule has 0 unspecified atom stereocenters. The highest BCUT2D eigenvalue weighted by Gasteiger charge is 2.18. The van der Waals surface area contributed by atoms with E-state index in [-0.39, 0.29) is 0 Å². The predicted molar refractivity (Wildman–Crippen MR) is 82.5 cm³/mol.